The first-order valence-corrected chi connectivity index (χ1v) is 14.0. The number of cyclic esters (lactones) is 1. The lowest BCUT2D eigenvalue weighted by Crippen LogP contribution is -2.45. The van der Waals surface area contributed by atoms with Gasteiger partial charge < -0.3 is 20.7 Å². The van der Waals surface area contributed by atoms with Crippen LogP contribution in [0.3, 0.4) is 0 Å². The number of nitrogen functional groups attached to an aromatic ring is 1. The van der Waals surface area contributed by atoms with E-state index in [2.05, 4.69) is 19.6 Å². The summed E-state index contributed by atoms with van der Waals surface area (Å²) in [6.45, 7) is 14.9. The molecule has 0 saturated heterocycles. The van der Waals surface area contributed by atoms with Crippen molar-refractivity contribution in [2.45, 2.75) is 90.4 Å². The van der Waals surface area contributed by atoms with E-state index in [-0.39, 0.29) is 18.1 Å². The third-order valence-electron chi connectivity index (χ3n) is 8.17. The van der Waals surface area contributed by atoms with Crippen LogP contribution in [-0.4, -0.2) is 34.2 Å². The molecule has 1 aromatic rings. The van der Waals surface area contributed by atoms with Crippen molar-refractivity contribution in [3.8, 4) is 0 Å². The van der Waals surface area contributed by atoms with Gasteiger partial charge in [0.15, 0.2) is 0 Å². The normalized spacial score (nSPS) is 34.6. The fourth-order valence-electron chi connectivity index (χ4n) is 5.49. The molecular weight excluding hydrogens is 486 g/mol. The van der Waals surface area contributed by atoms with Gasteiger partial charge in [0.1, 0.15) is 11.9 Å². The molecule has 3 rings (SSSR count). The van der Waals surface area contributed by atoms with Crippen molar-refractivity contribution in [2.24, 2.45) is 29.1 Å². The summed E-state index contributed by atoms with van der Waals surface area (Å²) in [5, 5.41) is 21.9. The van der Waals surface area contributed by atoms with Crippen LogP contribution in [0.4, 0.5) is 5.69 Å². The number of carbonyl (C=O) groups excluding carboxylic acids is 2. The van der Waals surface area contributed by atoms with Gasteiger partial charge in [-0.2, -0.15) is 0 Å². The number of Topliss-reactive ketones (excluding diaryl/α,β-unsaturated/α-hetero) is 1. The Morgan fingerprint density at radius 3 is 2.49 bits per heavy atom. The summed E-state index contributed by atoms with van der Waals surface area (Å²) >= 11 is 1.49. The average Bonchev–Trinajstić information content (AvgIpc) is 3.58. The number of thioether (sulfide) groups is 1. The highest BCUT2D eigenvalue weighted by atomic mass is 32.2. The molecule has 4 N–H and O–H groups in total. The molecular formula is C30H43NO5S. The number of nitrogens with two attached hydrogens (primary N) is 1. The molecule has 7 heteroatoms. The fraction of sp³-hybridized carbons (Fsp3) is 0.600. The zero-order valence-corrected chi connectivity index (χ0v) is 23.8. The Labute approximate surface area is 225 Å². The van der Waals surface area contributed by atoms with Gasteiger partial charge in [-0.1, -0.05) is 63.8 Å². The Balaban J connectivity index is 1.92. The minimum Gasteiger partial charge on any atom is -0.457 e. The third kappa shape index (κ3) is 7.06. The van der Waals surface area contributed by atoms with Gasteiger partial charge in [0.2, 0.25) is 0 Å². The number of esters is 1. The summed E-state index contributed by atoms with van der Waals surface area (Å²) < 4.78 is 5.88. The van der Waals surface area contributed by atoms with Gasteiger partial charge in [-0.25, -0.2) is 0 Å². The van der Waals surface area contributed by atoms with Crippen molar-refractivity contribution in [1.82, 2.24) is 0 Å². The molecule has 1 aromatic carbocycles. The summed E-state index contributed by atoms with van der Waals surface area (Å²) in [5.41, 5.74) is 7.66. The SMILES string of the molecule is C=C(C)Sc1ccc([C@@H]2C/C=C(/C)CC3CC3[C@H](C)[C@H](O)[C@@H](C)C(=O)C(C)(C)[C@@H](O)CC(=O)O2)cc1N. The lowest BCUT2D eigenvalue weighted by molar-refractivity contribution is -0.155. The van der Waals surface area contributed by atoms with Gasteiger partial charge in [0.05, 0.1) is 24.0 Å². The van der Waals surface area contributed by atoms with Gasteiger partial charge in [-0.05, 0) is 67.0 Å². The Morgan fingerprint density at radius 2 is 1.86 bits per heavy atom. The number of anilines is 1. The molecule has 1 fully saturated rings. The van der Waals surface area contributed by atoms with E-state index in [1.807, 2.05) is 32.0 Å². The zero-order chi connectivity index (χ0) is 27.7. The molecule has 2 unspecified atom stereocenters. The van der Waals surface area contributed by atoms with E-state index in [9.17, 15) is 19.8 Å². The smallest absolute Gasteiger partial charge is 0.309 e. The van der Waals surface area contributed by atoms with E-state index >= 15 is 0 Å². The lowest BCUT2D eigenvalue weighted by atomic mass is 9.72. The lowest BCUT2D eigenvalue weighted by Gasteiger charge is -2.34. The predicted octanol–water partition coefficient (Wildman–Crippen LogP) is 5.83. The highest BCUT2D eigenvalue weighted by Crippen LogP contribution is 2.50. The molecule has 6 nitrogen and oxygen atoms in total. The second kappa shape index (κ2) is 11.7. The van der Waals surface area contributed by atoms with Crippen LogP contribution >= 0.6 is 11.8 Å². The number of ether oxygens (including phenoxy) is 1. The van der Waals surface area contributed by atoms with Crippen molar-refractivity contribution in [2.75, 3.05) is 5.73 Å². The first kappa shape index (κ1) is 29.5. The number of rotatable bonds is 3. The molecule has 1 aliphatic carbocycles. The molecule has 1 saturated carbocycles. The Morgan fingerprint density at radius 1 is 1.19 bits per heavy atom. The van der Waals surface area contributed by atoms with Crippen LogP contribution in [0.25, 0.3) is 0 Å². The van der Waals surface area contributed by atoms with Crippen LogP contribution in [-0.2, 0) is 14.3 Å². The number of aliphatic hydroxyl groups excluding tert-OH is 2. The zero-order valence-electron chi connectivity index (χ0n) is 23.0. The van der Waals surface area contributed by atoms with Crippen molar-refractivity contribution in [1.29, 1.82) is 0 Å². The first-order valence-electron chi connectivity index (χ1n) is 13.2. The standard InChI is InChI=1S/C30H43NO5S/c1-16(2)37-25-11-9-20(14-23(25)31)24-10-8-17(3)12-21-13-22(21)18(4)28(34)19(5)29(35)30(6,7)26(32)15-27(33)36-24/h8-9,11,14,18-19,21-22,24,26,28,32,34H,1,10,12-13,15,31H2,2-7H3/b17-8-/t18-,19+,21?,22?,24-,26-,28-/m0/s1. The highest BCUT2D eigenvalue weighted by molar-refractivity contribution is 8.03. The number of aliphatic hydroxyl groups is 2. The molecule has 2 aliphatic rings. The monoisotopic (exact) mass is 529 g/mol. The van der Waals surface area contributed by atoms with Crippen LogP contribution in [0.1, 0.15) is 78.9 Å². The molecule has 0 bridgehead atoms. The number of hydrogen-bond donors (Lipinski definition) is 3. The quantitative estimate of drug-likeness (QED) is 0.195. The number of hydrogen-bond acceptors (Lipinski definition) is 7. The molecule has 0 aromatic heterocycles. The van der Waals surface area contributed by atoms with Crippen LogP contribution in [0, 0.1) is 29.1 Å². The minimum absolute atomic E-state index is 0.0196. The number of fused-ring (bicyclic) bond motifs is 1. The largest absolute Gasteiger partial charge is 0.457 e. The number of allylic oxidation sites excluding steroid dienone is 2. The predicted molar refractivity (Wildman–Crippen MR) is 149 cm³/mol. The maximum atomic E-state index is 13.3. The Kier molecular flexibility index (Phi) is 9.36. The summed E-state index contributed by atoms with van der Waals surface area (Å²) in [5.74, 6) is -0.672. The average molecular weight is 530 g/mol. The maximum absolute atomic E-state index is 13.3. The van der Waals surface area contributed by atoms with E-state index in [0.717, 1.165) is 28.2 Å². The second-order valence-corrected chi connectivity index (χ2v) is 13.0. The summed E-state index contributed by atoms with van der Waals surface area (Å²) in [6.07, 6.45) is 1.60. The maximum Gasteiger partial charge on any atom is 0.309 e. The minimum atomic E-state index is -1.24. The van der Waals surface area contributed by atoms with Gasteiger partial charge >= 0.3 is 5.97 Å². The molecule has 204 valence electrons. The second-order valence-electron chi connectivity index (χ2n) is 11.7. The summed E-state index contributed by atoms with van der Waals surface area (Å²) in [6, 6.07) is 5.65. The van der Waals surface area contributed by atoms with Gasteiger partial charge in [-0.15, -0.1) is 0 Å². The van der Waals surface area contributed by atoms with Crippen LogP contribution in [0.15, 0.2) is 46.2 Å². The van der Waals surface area contributed by atoms with Crippen molar-refractivity contribution < 1.29 is 24.5 Å². The molecule has 0 spiro atoms. The Bertz CT molecular complexity index is 1060. The topological polar surface area (TPSA) is 110 Å². The molecule has 7 atom stereocenters. The first-order chi connectivity index (χ1) is 17.2. The number of benzene rings is 1. The Hall–Kier alpha value is -2.09. The molecule has 0 radical (unpaired) electrons. The summed E-state index contributed by atoms with van der Waals surface area (Å²) in [7, 11) is 0. The van der Waals surface area contributed by atoms with Crippen molar-refractivity contribution in [3.05, 3.63) is 46.9 Å². The van der Waals surface area contributed by atoms with Crippen LogP contribution in [0.5, 0.6) is 0 Å². The number of carbonyl (C=O) groups is 2. The van der Waals surface area contributed by atoms with E-state index in [1.165, 1.54) is 17.3 Å². The molecule has 0 amide bonds. The molecule has 1 heterocycles. The van der Waals surface area contributed by atoms with E-state index < -0.39 is 35.6 Å². The number of ketones is 1. The van der Waals surface area contributed by atoms with E-state index in [0.29, 0.717) is 23.9 Å². The van der Waals surface area contributed by atoms with E-state index in [4.69, 9.17) is 10.5 Å². The van der Waals surface area contributed by atoms with Crippen molar-refractivity contribution >= 4 is 29.2 Å². The highest BCUT2D eigenvalue weighted by Gasteiger charge is 2.47. The third-order valence-corrected chi connectivity index (χ3v) is 9.11. The van der Waals surface area contributed by atoms with Gasteiger partial charge in [0, 0.05) is 22.9 Å². The van der Waals surface area contributed by atoms with Crippen molar-refractivity contribution in [3.63, 3.8) is 0 Å². The van der Waals surface area contributed by atoms with E-state index in [1.54, 1.807) is 20.8 Å². The van der Waals surface area contributed by atoms with Crippen LogP contribution < -0.4 is 5.73 Å². The van der Waals surface area contributed by atoms with Gasteiger partial charge in [-0.3, -0.25) is 9.59 Å². The molecule has 37 heavy (non-hydrogen) atoms. The van der Waals surface area contributed by atoms with Crippen LogP contribution in [0.2, 0.25) is 0 Å². The van der Waals surface area contributed by atoms with Gasteiger partial charge in [0.25, 0.3) is 0 Å². The summed E-state index contributed by atoms with van der Waals surface area (Å²) in [4.78, 5) is 28.1. The molecule has 1 aliphatic heterocycles. The fourth-order valence-corrected chi connectivity index (χ4v) is 6.18.